The number of nitrogens with one attached hydrogen (secondary N) is 2. The summed E-state index contributed by atoms with van der Waals surface area (Å²) < 4.78 is 0. The lowest BCUT2D eigenvalue weighted by atomic mass is 9.93. The minimum absolute atomic E-state index is 0.108. The molecule has 2 saturated heterocycles. The Morgan fingerprint density at radius 3 is 1.34 bits per heavy atom. The molecule has 8 heteroatoms. The summed E-state index contributed by atoms with van der Waals surface area (Å²) in [7, 11) is 0. The first-order chi connectivity index (χ1) is 22.9. The molecule has 0 bridgehead atoms. The molecule has 0 aliphatic carbocycles. The van der Waals surface area contributed by atoms with Gasteiger partial charge in [-0.05, 0) is 41.0 Å². The Morgan fingerprint density at radius 2 is 1.02 bits per heavy atom. The predicted molar refractivity (Wildman–Crippen MR) is 194 cm³/mol. The molecule has 7 rings (SSSR count). The van der Waals surface area contributed by atoms with E-state index in [0.717, 1.165) is 39.6 Å². The summed E-state index contributed by atoms with van der Waals surface area (Å²) in [4.78, 5) is 35.5. The average Bonchev–Trinajstić information content (AvgIpc) is 3.10. The molecule has 2 aliphatic heterocycles. The monoisotopic (exact) mass is 661 g/mol. The number of hydrogen-bond donors (Lipinski definition) is 4. The molecule has 6 nitrogen and oxygen atoms in total. The largest absolute Gasteiger partial charge is 0.369 e. The first kappa shape index (κ1) is 35.1. The van der Waals surface area contributed by atoms with Gasteiger partial charge in [-0.3, -0.25) is 14.4 Å². The number of hydrogen-bond acceptors (Lipinski definition) is 5. The van der Waals surface area contributed by atoms with Crippen molar-refractivity contribution >= 4 is 42.1 Å². The predicted octanol–water partition coefficient (Wildman–Crippen LogP) is 6.82. The lowest BCUT2D eigenvalue weighted by molar-refractivity contribution is -0.128. The molecule has 0 aromatic heterocycles. The number of nitrogens with two attached hydrogens (primary N) is 1. The van der Waals surface area contributed by atoms with E-state index in [-0.39, 0.29) is 35.5 Å². The number of carbonyl (C=O) groups is 3. The van der Waals surface area contributed by atoms with Crippen LogP contribution in [0.15, 0.2) is 161 Å². The minimum atomic E-state index is -0.273. The highest BCUT2D eigenvalue weighted by Crippen LogP contribution is 2.26. The Balaban J connectivity index is 0.000000150. The van der Waals surface area contributed by atoms with Crippen molar-refractivity contribution in [3.05, 3.63) is 168 Å². The summed E-state index contributed by atoms with van der Waals surface area (Å²) in [6, 6.07) is 49.2. The highest BCUT2D eigenvalue weighted by atomic mass is 32.2. The van der Waals surface area contributed by atoms with E-state index in [1.54, 1.807) is 11.8 Å². The van der Waals surface area contributed by atoms with Crippen LogP contribution in [0.2, 0.25) is 0 Å². The highest BCUT2D eigenvalue weighted by molar-refractivity contribution is 7.99. The van der Waals surface area contributed by atoms with Crippen LogP contribution in [0.5, 0.6) is 0 Å². The van der Waals surface area contributed by atoms with Crippen molar-refractivity contribution in [2.45, 2.75) is 27.5 Å². The van der Waals surface area contributed by atoms with Gasteiger partial charge in [0.05, 0.1) is 17.8 Å². The van der Waals surface area contributed by atoms with Crippen molar-refractivity contribution in [1.82, 2.24) is 10.6 Å². The van der Waals surface area contributed by atoms with Crippen LogP contribution in [-0.4, -0.2) is 36.6 Å². The van der Waals surface area contributed by atoms with Crippen LogP contribution in [0.4, 0.5) is 0 Å². The van der Waals surface area contributed by atoms with E-state index in [0.29, 0.717) is 5.75 Å². The summed E-state index contributed by atoms with van der Waals surface area (Å²) >= 11 is 5.74. The first-order valence-electron chi connectivity index (χ1n) is 15.3. The maximum absolute atomic E-state index is 11.5. The van der Waals surface area contributed by atoms with Gasteiger partial charge in [-0.2, -0.15) is 0 Å². The van der Waals surface area contributed by atoms with Crippen molar-refractivity contribution in [2.24, 2.45) is 5.73 Å². The number of benzene rings is 5. The van der Waals surface area contributed by atoms with Gasteiger partial charge in [-0.1, -0.05) is 127 Å². The van der Waals surface area contributed by atoms with Gasteiger partial charge in [0.25, 0.3) is 0 Å². The topological polar surface area (TPSA) is 101 Å². The molecule has 47 heavy (non-hydrogen) atoms. The zero-order valence-electron chi connectivity index (χ0n) is 25.9. The van der Waals surface area contributed by atoms with Gasteiger partial charge in [0.2, 0.25) is 17.7 Å². The molecular weight excluding hydrogens is 623 g/mol. The second-order valence-corrected chi connectivity index (χ2v) is 12.4. The molecule has 0 saturated carbocycles. The fourth-order valence-electron chi connectivity index (χ4n) is 4.64. The Kier molecular flexibility index (Phi) is 14.2. The van der Waals surface area contributed by atoms with Crippen molar-refractivity contribution in [3.63, 3.8) is 0 Å². The lowest BCUT2D eigenvalue weighted by Gasteiger charge is -2.25. The van der Waals surface area contributed by atoms with Crippen LogP contribution in [0, 0.1) is 0 Å². The maximum Gasteiger partial charge on any atom is 0.229 e. The molecule has 0 spiro atoms. The number of amides is 3. The zero-order valence-corrected chi connectivity index (χ0v) is 27.7. The van der Waals surface area contributed by atoms with Crippen LogP contribution in [0.1, 0.15) is 34.4 Å². The maximum atomic E-state index is 11.5. The number of rotatable bonds is 7. The van der Waals surface area contributed by atoms with Gasteiger partial charge in [0, 0.05) is 28.6 Å². The van der Waals surface area contributed by atoms with E-state index in [9.17, 15) is 14.4 Å². The average molecular weight is 662 g/mol. The number of primary amides is 1. The van der Waals surface area contributed by atoms with Crippen LogP contribution in [0.3, 0.4) is 0 Å². The van der Waals surface area contributed by atoms with Gasteiger partial charge >= 0.3 is 0 Å². The van der Waals surface area contributed by atoms with Gasteiger partial charge in [-0.15, -0.1) is 24.4 Å². The molecule has 5 aromatic rings. The van der Waals surface area contributed by atoms with Crippen LogP contribution >= 0.6 is 24.4 Å². The smallest absolute Gasteiger partial charge is 0.229 e. The molecule has 2 heterocycles. The third kappa shape index (κ3) is 11.5. The van der Waals surface area contributed by atoms with Crippen molar-refractivity contribution in [1.29, 1.82) is 0 Å². The standard InChI is InChI=1S/C15H15NOS.2C9H9NO.C6H6S/c16-15(17)14(12-7-3-1-4-8-12)11-18-13-9-5-2-6-10-13;2*11-9-8(6-10-9)7-4-2-1-3-5-7;7-6-4-2-1-3-5-6/h1-10,14H,11H2,(H2,16,17);2*1-5,8H,6H2,(H,10,11);1-5,7H/t14-;8-;;/m01../s1. The molecule has 1 unspecified atom stereocenters. The van der Waals surface area contributed by atoms with E-state index in [2.05, 4.69) is 23.3 Å². The van der Waals surface area contributed by atoms with Crippen molar-refractivity contribution in [3.8, 4) is 0 Å². The molecule has 4 N–H and O–H groups in total. The summed E-state index contributed by atoms with van der Waals surface area (Å²) in [6.45, 7) is 1.59. The Morgan fingerprint density at radius 1 is 0.638 bits per heavy atom. The Labute approximate surface area is 286 Å². The molecular formula is C39H39N3O3S2. The third-order valence-electron chi connectivity index (χ3n) is 7.46. The van der Waals surface area contributed by atoms with Crippen LogP contribution in [-0.2, 0) is 14.4 Å². The summed E-state index contributed by atoms with van der Waals surface area (Å²) in [5, 5.41) is 5.44. The quantitative estimate of drug-likeness (QED) is 0.0874. The second-order valence-electron chi connectivity index (χ2n) is 10.7. The SMILES string of the molecule is NC(=O)[C@@H](CSc1ccccc1)c1ccccc1.O=C1NCC1c1ccccc1.O=C1NC[C@@H]1c1ccccc1.Sc1ccccc1. The molecule has 3 atom stereocenters. The number of β-lactam (4-membered cyclic amide) rings is 2. The Bertz CT molecular complexity index is 1600. The summed E-state index contributed by atoms with van der Waals surface area (Å²) in [6.07, 6.45) is 0. The molecule has 2 fully saturated rings. The van der Waals surface area contributed by atoms with E-state index in [4.69, 9.17) is 5.73 Å². The summed E-state index contributed by atoms with van der Waals surface area (Å²) in [5.41, 5.74) is 8.70. The number of thiol groups is 1. The zero-order chi connectivity index (χ0) is 33.3. The second kappa shape index (κ2) is 19.0. The first-order valence-corrected chi connectivity index (χ1v) is 16.8. The van der Waals surface area contributed by atoms with E-state index >= 15 is 0 Å². The van der Waals surface area contributed by atoms with E-state index in [1.807, 2.05) is 152 Å². The normalized spacial score (nSPS) is 16.3. The summed E-state index contributed by atoms with van der Waals surface area (Å²) in [5.74, 6) is 0.671. The van der Waals surface area contributed by atoms with Crippen molar-refractivity contribution in [2.75, 3.05) is 18.8 Å². The van der Waals surface area contributed by atoms with Gasteiger partial charge < -0.3 is 16.4 Å². The molecule has 240 valence electrons. The number of carbonyl (C=O) groups excluding carboxylic acids is 3. The minimum Gasteiger partial charge on any atom is -0.369 e. The van der Waals surface area contributed by atoms with Crippen LogP contribution < -0.4 is 16.4 Å². The molecule has 5 aromatic carbocycles. The van der Waals surface area contributed by atoms with Gasteiger partial charge in [0.15, 0.2) is 0 Å². The van der Waals surface area contributed by atoms with Crippen LogP contribution in [0.25, 0.3) is 0 Å². The molecule has 2 aliphatic rings. The van der Waals surface area contributed by atoms with Gasteiger partial charge in [-0.25, -0.2) is 0 Å². The lowest BCUT2D eigenvalue weighted by Crippen LogP contribution is -2.46. The van der Waals surface area contributed by atoms with E-state index in [1.165, 1.54) is 0 Å². The third-order valence-corrected chi connectivity index (χ3v) is 8.86. The fraction of sp³-hybridized carbons (Fsp3) is 0.154. The molecule has 3 amide bonds. The van der Waals surface area contributed by atoms with E-state index < -0.39 is 0 Å². The molecule has 0 radical (unpaired) electrons. The Hall–Kier alpha value is -4.79. The fourth-order valence-corrected chi connectivity index (χ4v) is 5.87. The van der Waals surface area contributed by atoms with Crippen molar-refractivity contribution < 1.29 is 14.4 Å². The number of thioether (sulfide) groups is 1. The highest BCUT2D eigenvalue weighted by Gasteiger charge is 2.29. The van der Waals surface area contributed by atoms with Gasteiger partial charge in [0.1, 0.15) is 0 Å².